The molecule has 1 aromatic rings. The van der Waals surface area contributed by atoms with E-state index in [0.717, 1.165) is 12.1 Å². The molecule has 138 valence electrons. The van der Waals surface area contributed by atoms with Gasteiger partial charge in [-0.15, -0.1) is 0 Å². The van der Waals surface area contributed by atoms with Crippen LogP contribution < -0.4 is 0 Å². The molecule has 4 nitrogen and oxygen atoms in total. The number of piperidine rings is 1. The second-order valence-electron chi connectivity index (χ2n) is 7.20. The highest BCUT2D eigenvalue weighted by Crippen LogP contribution is 2.35. The molecular weight excluding hydrogens is 335 g/mol. The summed E-state index contributed by atoms with van der Waals surface area (Å²) in [4.78, 5) is 24.8. The largest absolute Gasteiger partial charge is 0.444 e. The highest BCUT2D eigenvalue weighted by Gasteiger charge is 2.33. The molecule has 0 N–H and O–H groups in total. The second kappa shape index (κ2) is 7.06. The molecule has 25 heavy (non-hydrogen) atoms. The summed E-state index contributed by atoms with van der Waals surface area (Å²) in [6.45, 7) is 6.09. The van der Waals surface area contributed by atoms with Gasteiger partial charge in [0.05, 0.1) is 5.56 Å². The maximum Gasteiger partial charge on any atom is 0.416 e. The normalized spacial score (nSPS) is 16.6. The van der Waals surface area contributed by atoms with Gasteiger partial charge in [-0.2, -0.15) is 13.2 Å². The Labute approximate surface area is 144 Å². The zero-order valence-corrected chi connectivity index (χ0v) is 14.5. The van der Waals surface area contributed by atoms with Crippen molar-refractivity contribution in [2.75, 3.05) is 13.1 Å². The second-order valence-corrected chi connectivity index (χ2v) is 7.20. The van der Waals surface area contributed by atoms with E-state index in [1.54, 1.807) is 25.7 Å². The number of nitrogens with zero attached hydrogens (tertiary/aromatic N) is 1. The van der Waals surface area contributed by atoms with Crippen LogP contribution >= 0.6 is 0 Å². The Morgan fingerprint density at radius 1 is 1.20 bits per heavy atom. The topological polar surface area (TPSA) is 46.6 Å². The van der Waals surface area contributed by atoms with Gasteiger partial charge in [-0.3, -0.25) is 4.79 Å². The van der Waals surface area contributed by atoms with Gasteiger partial charge >= 0.3 is 12.3 Å². The lowest BCUT2D eigenvalue weighted by Crippen LogP contribution is -2.41. The van der Waals surface area contributed by atoms with Crippen molar-refractivity contribution in [2.45, 2.75) is 51.3 Å². The number of aldehydes is 1. The van der Waals surface area contributed by atoms with E-state index in [9.17, 15) is 22.8 Å². The molecule has 0 radical (unpaired) electrons. The summed E-state index contributed by atoms with van der Waals surface area (Å²) in [5.74, 6) is -0.193. The van der Waals surface area contributed by atoms with Crippen LogP contribution in [0.4, 0.5) is 18.0 Å². The Balaban J connectivity index is 2.12. The van der Waals surface area contributed by atoms with Crippen molar-refractivity contribution >= 4 is 12.4 Å². The zero-order valence-electron chi connectivity index (χ0n) is 14.5. The van der Waals surface area contributed by atoms with Gasteiger partial charge in [-0.25, -0.2) is 4.79 Å². The molecule has 1 saturated heterocycles. The number of hydrogen-bond donors (Lipinski definition) is 0. The molecule has 1 aliphatic heterocycles. The summed E-state index contributed by atoms with van der Waals surface area (Å²) in [7, 11) is 0. The van der Waals surface area contributed by atoms with Gasteiger partial charge in [-0.1, -0.05) is 6.07 Å². The smallest absolute Gasteiger partial charge is 0.416 e. The summed E-state index contributed by atoms with van der Waals surface area (Å²) in [5, 5.41) is 0. The predicted octanol–water partition coefficient (Wildman–Crippen LogP) is 4.63. The minimum atomic E-state index is -4.45. The molecule has 0 spiro atoms. The fourth-order valence-corrected chi connectivity index (χ4v) is 2.91. The van der Waals surface area contributed by atoms with E-state index in [1.807, 2.05) is 0 Å². The number of carbonyl (C=O) groups is 2. The highest BCUT2D eigenvalue weighted by molar-refractivity contribution is 5.78. The average molecular weight is 357 g/mol. The van der Waals surface area contributed by atoms with Crippen LogP contribution in [0.2, 0.25) is 0 Å². The third-order valence-corrected chi connectivity index (χ3v) is 4.13. The molecule has 7 heteroatoms. The number of hydrogen-bond acceptors (Lipinski definition) is 3. The molecule has 1 aliphatic rings. The standard InChI is InChI=1S/C18H22F3NO3/c1-17(2,3)25-16(24)22-8-6-12(7-9-22)15-10-14(18(19,20)21)5-4-13(15)11-23/h4-5,10-12H,6-9H2,1-3H3. The third-order valence-electron chi connectivity index (χ3n) is 4.13. The first-order valence-electron chi connectivity index (χ1n) is 8.15. The van der Waals surface area contributed by atoms with Crippen molar-refractivity contribution < 1.29 is 27.5 Å². The number of halogens is 3. The van der Waals surface area contributed by atoms with E-state index >= 15 is 0 Å². The summed E-state index contributed by atoms with van der Waals surface area (Å²) < 4.78 is 44.1. The Hall–Kier alpha value is -2.05. The van der Waals surface area contributed by atoms with Crippen LogP contribution in [-0.4, -0.2) is 36.0 Å². The van der Waals surface area contributed by atoms with Crippen LogP contribution in [0.5, 0.6) is 0 Å². The summed E-state index contributed by atoms with van der Waals surface area (Å²) in [6, 6.07) is 3.19. The molecule has 0 aliphatic carbocycles. The van der Waals surface area contributed by atoms with Crippen LogP contribution in [0.3, 0.4) is 0 Å². The average Bonchev–Trinajstić information content (AvgIpc) is 2.52. The van der Waals surface area contributed by atoms with E-state index < -0.39 is 23.4 Å². The van der Waals surface area contributed by atoms with Crippen LogP contribution in [0.15, 0.2) is 18.2 Å². The van der Waals surface area contributed by atoms with Crippen molar-refractivity contribution in [2.24, 2.45) is 0 Å². The molecule has 2 rings (SSSR count). The molecule has 1 amide bonds. The molecule has 0 atom stereocenters. The lowest BCUT2D eigenvalue weighted by atomic mass is 9.86. The third kappa shape index (κ3) is 4.96. The van der Waals surface area contributed by atoms with Gasteiger partial charge < -0.3 is 9.64 Å². The molecule has 0 bridgehead atoms. The molecule has 0 saturated carbocycles. The van der Waals surface area contributed by atoms with E-state index in [-0.39, 0.29) is 11.5 Å². The van der Waals surface area contributed by atoms with Gasteiger partial charge in [0.2, 0.25) is 0 Å². The molecule has 1 fully saturated rings. The van der Waals surface area contributed by atoms with E-state index in [0.29, 0.717) is 37.8 Å². The van der Waals surface area contributed by atoms with Crippen molar-refractivity contribution in [1.29, 1.82) is 0 Å². The Morgan fingerprint density at radius 3 is 2.28 bits per heavy atom. The first kappa shape index (κ1) is 19.3. The quantitative estimate of drug-likeness (QED) is 0.725. The van der Waals surface area contributed by atoms with Gasteiger partial charge in [0, 0.05) is 18.7 Å². The SMILES string of the molecule is CC(C)(C)OC(=O)N1CCC(c2cc(C(F)(F)F)ccc2C=O)CC1. The lowest BCUT2D eigenvalue weighted by Gasteiger charge is -2.34. The minimum Gasteiger partial charge on any atom is -0.444 e. The van der Waals surface area contributed by atoms with Gasteiger partial charge in [-0.05, 0) is 57.2 Å². The van der Waals surface area contributed by atoms with E-state index in [1.165, 1.54) is 6.07 Å². The molecular formula is C18H22F3NO3. The van der Waals surface area contributed by atoms with E-state index in [4.69, 9.17) is 4.74 Å². The van der Waals surface area contributed by atoms with E-state index in [2.05, 4.69) is 0 Å². The Morgan fingerprint density at radius 2 is 1.80 bits per heavy atom. The monoisotopic (exact) mass is 357 g/mol. The fraction of sp³-hybridized carbons (Fsp3) is 0.556. The van der Waals surface area contributed by atoms with Crippen LogP contribution in [0, 0.1) is 0 Å². The Bertz CT molecular complexity index is 642. The number of ether oxygens (including phenoxy) is 1. The number of alkyl halides is 3. The number of amides is 1. The van der Waals surface area contributed by atoms with Gasteiger partial charge in [0.15, 0.2) is 0 Å². The predicted molar refractivity (Wildman–Crippen MR) is 86.6 cm³/mol. The van der Waals surface area contributed by atoms with Gasteiger partial charge in [0.1, 0.15) is 11.9 Å². The zero-order chi connectivity index (χ0) is 18.8. The summed E-state index contributed by atoms with van der Waals surface area (Å²) in [5.41, 5.74) is -0.695. The van der Waals surface area contributed by atoms with Crippen molar-refractivity contribution in [1.82, 2.24) is 4.90 Å². The first-order chi connectivity index (χ1) is 11.5. The number of likely N-dealkylation sites (tertiary alicyclic amines) is 1. The molecule has 0 aromatic heterocycles. The molecule has 1 aromatic carbocycles. The summed E-state index contributed by atoms with van der Waals surface area (Å²) in [6.07, 6.45) is -3.32. The Kier molecular flexibility index (Phi) is 5.44. The number of benzene rings is 1. The maximum absolute atomic E-state index is 12.9. The molecule has 1 heterocycles. The van der Waals surface area contributed by atoms with Crippen LogP contribution in [-0.2, 0) is 10.9 Å². The first-order valence-corrected chi connectivity index (χ1v) is 8.15. The fourth-order valence-electron chi connectivity index (χ4n) is 2.91. The van der Waals surface area contributed by atoms with Crippen molar-refractivity contribution in [3.05, 3.63) is 34.9 Å². The van der Waals surface area contributed by atoms with Crippen molar-refractivity contribution in [3.63, 3.8) is 0 Å². The summed E-state index contributed by atoms with van der Waals surface area (Å²) >= 11 is 0. The van der Waals surface area contributed by atoms with Crippen LogP contribution in [0.25, 0.3) is 0 Å². The lowest BCUT2D eigenvalue weighted by molar-refractivity contribution is -0.137. The number of rotatable bonds is 2. The molecule has 0 unspecified atom stereocenters. The minimum absolute atomic E-state index is 0.193. The van der Waals surface area contributed by atoms with Gasteiger partial charge in [0.25, 0.3) is 0 Å². The highest BCUT2D eigenvalue weighted by atomic mass is 19.4. The maximum atomic E-state index is 12.9. The number of carbonyl (C=O) groups excluding carboxylic acids is 2. The van der Waals surface area contributed by atoms with Crippen molar-refractivity contribution in [3.8, 4) is 0 Å². The van der Waals surface area contributed by atoms with Crippen LogP contribution in [0.1, 0.15) is 61.0 Å².